The van der Waals surface area contributed by atoms with Gasteiger partial charge >= 0.3 is 5.97 Å². The summed E-state index contributed by atoms with van der Waals surface area (Å²) in [4.78, 5) is 15.9. The van der Waals surface area contributed by atoms with Crippen LogP contribution in [0.2, 0.25) is 5.02 Å². The van der Waals surface area contributed by atoms with Gasteiger partial charge in [0.2, 0.25) is 0 Å². The number of aryl methyl sites for hydroxylation is 1. The molecule has 0 saturated heterocycles. The molecule has 22 heavy (non-hydrogen) atoms. The Bertz CT molecular complexity index is 797. The molecule has 0 aliphatic carbocycles. The van der Waals surface area contributed by atoms with Crippen molar-refractivity contribution in [1.29, 1.82) is 0 Å². The van der Waals surface area contributed by atoms with E-state index in [2.05, 4.69) is 15.3 Å². The number of benzene rings is 1. The van der Waals surface area contributed by atoms with Gasteiger partial charge in [0.05, 0.1) is 16.9 Å². The predicted octanol–water partition coefficient (Wildman–Crippen LogP) is 3.04. The highest BCUT2D eigenvalue weighted by molar-refractivity contribution is 7.09. The van der Waals surface area contributed by atoms with Crippen LogP contribution in [-0.2, 0) is 11.3 Å². The average Bonchev–Trinajstić information content (AvgIpc) is 3.15. The van der Waals surface area contributed by atoms with Crippen molar-refractivity contribution in [3.05, 3.63) is 57.3 Å². The lowest BCUT2D eigenvalue weighted by Gasteiger charge is -2.00. The molecule has 0 aliphatic heterocycles. The molecule has 0 spiro atoms. The molecule has 3 rings (SSSR count). The fraction of sp³-hybridized carbons (Fsp3) is 0.143. The number of nitrogens with zero attached hydrogens (tertiary/aromatic N) is 4. The molecule has 0 saturated carbocycles. The highest BCUT2D eigenvalue weighted by Crippen LogP contribution is 2.13. The van der Waals surface area contributed by atoms with E-state index < -0.39 is 5.97 Å². The SMILES string of the molecule is Cc1nc(C(=O)OCc2cn(-c3ccc(Cl)cc3)nn2)cs1. The van der Waals surface area contributed by atoms with Crippen molar-refractivity contribution < 1.29 is 9.53 Å². The van der Waals surface area contributed by atoms with E-state index >= 15 is 0 Å². The molecular formula is C14H11ClN4O2S. The summed E-state index contributed by atoms with van der Waals surface area (Å²) in [7, 11) is 0. The van der Waals surface area contributed by atoms with Crippen LogP contribution in [0, 0.1) is 6.92 Å². The van der Waals surface area contributed by atoms with Gasteiger partial charge in [-0.1, -0.05) is 16.8 Å². The number of halogens is 1. The lowest BCUT2D eigenvalue weighted by atomic mass is 10.3. The van der Waals surface area contributed by atoms with Crippen molar-refractivity contribution in [3.8, 4) is 5.69 Å². The highest BCUT2D eigenvalue weighted by atomic mass is 35.5. The second-order valence-corrected chi connectivity index (χ2v) is 5.96. The van der Waals surface area contributed by atoms with Crippen LogP contribution in [-0.4, -0.2) is 25.9 Å². The Kier molecular flexibility index (Phi) is 4.17. The van der Waals surface area contributed by atoms with E-state index in [0.717, 1.165) is 10.7 Å². The maximum Gasteiger partial charge on any atom is 0.358 e. The molecule has 0 N–H and O–H groups in total. The van der Waals surface area contributed by atoms with Gasteiger partial charge in [0.1, 0.15) is 12.3 Å². The molecule has 3 aromatic rings. The molecule has 0 radical (unpaired) electrons. The minimum absolute atomic E-state index is 0.0446. The van der Waals surface area contributed by atoms with Crippen molar-refractivity contribution in [1.82, 2.24) is 20.0 Å². The van der Waals surface area contributed by atoms with Crippen LogP contribution in [0.3, 0.4) is 0 Å². The van der Waals surface area contributed by atoms with E-state index in [1.807, 2.05) is 19.1 Å². The van der Waals surface area contributed by atoms with Gasteiger partial charge < -0.3 is 4.74 Å². The number of esters is 1. The zero-order valence-electron chi connectivity index (χ0n) is 11.6. The second kappa shape index (κ2) is 6.25. The Balaban J connectivity index is 1.64. The maximum absolute atomic E-state index is 11.8. The predicted molar refractivity (Wildman–Crippen MR) is 82.3 cm³/mol. The van der Waals surface area contributed by atoms with Gasteiger partial charge in [0, 0.05) is 10.4 Å². The van der Waals surface area contributed by atoms with E-state index in [0.29, 0.717) is 16.4 Å². The van der Waals surface area contributed by atoms with E-state index in [-0.39, 0.29) is 6.61 Å². The molecule has 8 heteroatoms. The fourth-order valence-electron chi connectivity index (χ4n) is 1.76. The quantitative estimate of drug-likeness (QED) is 0.686. The monoisotopic (exact) mass is 334 g/mol. The standard InChI is InChI=1S/C14H11ClN4O2S/c1-9-16-13(8-22-9)14(20)21-7-11-6-19(18-17-11)12-4-2-10(15)3-5-12/h2-6,8H,7H2,1H3. The Morgan fingerprint density at radius 3 is 2.82 bits per heavy atom. The Labute approximate surface area is 135 Å². The summed E-state index contributed by atoms with van der Waals surface area (Å²) in [5.74, 6) is -0.467. The first-order chi connectivity index (χ1) is 10.6. The number of ether oxygens (including phenoxy) is 1. The third kappa shape index (κ3) is 3.32. The van der Waals surface area contributed by atoms with Gasteiger partial charge in [0.25, 0.3) is 0 Å². The van der Waals surface area contributed by atoms with E-state index in [4.69, 9.17) is 16.3 Å². The van der Waals surface area contributed by atoms with Gasteiger partial charge in [-0.15, -0.1) is 16.4 Å². The smallest absolute Gasteiger partial charge is 0.358 e. The van der Waals surface area contributed by atoms with E-state index in [1.54, 1.807) is 28.4 Å². The summed E-state index contributed by atoms with van der Waals surface area (Å²) in [6.45, 7) is 1.88. The number of rotatable bonds is 4. The van der Waals surface area contributed by atoms with Crippen molar-refractivity contribution in [3.63, 3.8) is 0 Å². The summed E-state index contributed by atoms with van der Waals surface area (Å²) < 4.78 is 6.75. The van der Waals surface area contributed by atoms with Crippen molar-refractivity contribution in [2.45, 2.75) is 13.5 Å². The van der Waals surface area contributed by atoms with E-state index in [9.17, 15) is 4.79 Å². The Morgan fingerprint density at radius 2 is 2.14 bits per heavy atom. The minimum Gasteiger partial charge on any atom is -0.454 e. The number of carbonyl (C=O) groups is 1. The molecule has 6 nitrogen and oxygen atoms in total. The molecular weight excluding hydrogens is 324 g/mol. The molecule has 2 aromatic heterocycles. The van der Waals surface area contributed by atoms with Gasteiger partial charge in [-0.25, -0.2) is 14.5 Å². The van der Waals surface area contributed by atoms with E-state index in [1.165, 1.54) is 11.3 Å². The molecule has 0 unspecified atom stereocenters. The van der Waals surface area contributed by atoms with Gasteiger partial charge in [0.15, 0.2) is 5.69 Å². The largest absolute Gasteiger partial charge is 0.454 e. The number of thiazole rings is 1. The second-order valence-electron chi connectivity index (χ2n) is 4.46. The maximum atomic E-state index is 11.8. The first kappa shape index (κ1) is 14.7. The first-order valence-electron chi connectivity index (χ1n) is 6.38. The van der Waals surface area contributed by atoms with Crippen LogP contribution < -0.4 is 0 Å². The highest BCUT2D eigenvalue weighted by Gasteiger charge is 2.12. The molecule has 0 aliphatic rings. The first-order valence-corrected chi connectivity index (χ1v) is 7.64. The average molecular weight is 335 g/mol. The van der Waals surface area contributed by atoms with Crippen molar-refractivity contribution in [2.75, 3.05) is 0 Å². The molecule has 0 fully saturated rings. The molecule has 1 aromatic carbocycles. The van der Waals surface area contributed by atoms with Crippen LogP contribution in [0.1, 0.15) is 21.2 Å². The van der Waals surface area contributed by atoms with Crippen molar-refractivity contribution in [2.24, 2.45) is 0 Å². The van der Waals surface area contributed by atoms with Crippen LogP contribution >= 0.6 is 22.9 Å². The topological polar surface area (TPSA) is 69.9 Å². The number of aromatic nitrogens is 4. The number of carbonyl (C=O) groups excluding carboxylic acids is 1. The van der Waals surface area contributed by atoms with Crippen LogP contribution in [0.5, 0.6) is 0 Å². The number of hydrogen-bond acceptors (Lipinski definition) is 6. The van der Waals surface area contributed by atoms with Crippen LogP contribution in [0.4, 0.5) is 0 Å². The Morgan fingerprint density at radius 1 is 1.36 bits per heavy atom. The summed E-state index contributed by atoms with van der Waals surface area (Å²) in [6.07, 6.45) is 1.70. The Hall–Kier alpha value is -2.25. The van der Waals surface area contributed by atoms with Gasteiger partial charge in [-0.05, 0) is 31.2 Å². The normalized spacial score (nSPS) is 10.6. The molecule has 0 bridgehead atoms. The number of hydrogen-bond donors (Lipinski definition) is 0. The fourth-order valence-corrected chi connectivity index (χ4v) is 2.46. The van der Waals surface area contributed by atoms with Crippen molar-refractivity contribution >= 4 is 28.9 Å². The lowest BCUT2D eigenvalue weighted by molar-refractivity contribution is 0.0461. The third-order valence-electron chi connectivity index (χ3n) is 2.81. The van der Waals surface area contributed by atoms with Crippen LogP contribution in [0.15, 0.2) is 35.8 Å². The molecule has 112 valence electrons. The third-order valence-corrected chi connectivity index (χ3v) is 3.84. The molecule has 0 atom stereocenters. The molecule has 2 heterocycles. The zero-order valence-corrected chi connectivity index (χ0v) is 13.1. The molecule has 0 amide bonds. The van der Waals surface area contributed by atoms with Gasteiger partial charge in [-0.3, -0.25) is 0 Å². The summed E-state index contributed by atoms with van der Waals surface area (Å²) >= 11 is 7.24. The van der Waals surface area contributed by atoms with Gasteiger partial charge in [-0.2, -0.15) is 0 Å². The van der Waals surface area contributed by atoms with Crippen LogP contribution in [0.25, 0.3) is 5.69 Å². The minimum atomic E-state index is -0.467. The zero-order chi connectivity index (χ0) is 15.5. The summed E-state index contributed by atoms with van der Waals surface area (Å²) in [5.41, 5.74) is 1.69. The summed E-state index contributed by atoms with van der Waals surface area (Å²) in [6, 6.07) is 7.18. The lowest BCUT2D eigenvalue weighted by Crippen LogP contribution is -2.05. The summed E-state index contributed by atoms with van der Waals surface area (Å²) in [5, 5.41) is 11.1.